The summed E-state index contributed by atoms with van der Waals surface area (Å²) >= 11 is 0. The molecule has 0 aliphatic carbocycles. The van der Waals surface area contributed by atoms with E-state index in [4.69, 9.17) is 0 Å². The predicted molar refractivity (Wildman–Crippen MR) is 76.6 cm³/mol. The van der Waals surface area contributed by atoms with Crippen molar-refractivity contribution in [3.8, 4) is 5.69 Å². The Morgan fingerprint density at radius 2 is 1.80 bits per heavy atom. The molecule has 0 saturated carbocycles. The Morgan fingerprint density at radius 1 is 1.00 bits per heavy atom. The van der Waals surface area contributed by atoms with Crippen LogP contribution in [-0.4, -0.2) is 19.9 Å². The van der Waals surface area contributed by atoms with E-state index in [1.54, 1.807) is 10.9 Å². The summed E-state index contributed by atoms with van der Waals surface area (Å²) < 4.78 is 1.73. The SMILES string of the molecule is Cc1cccc(C(O)c2ccnn2-c2ccccc2)n1. The van der Waals surface area contributed by atoms with Crippen LogP contribution < -0.4 is 0 Å². The Labute approximate surface area is 117 Å². The summed E-state index contributed by atoms with van der Waals surface area (Å²) in [5.41, 5.74) is 3.13. The van der Waals surface area contributed by atoms with Crippen LogP contribution in [0.3, 0.4) is 0 Å². The molecule has 0 amide bonds. The third kappa shape index (κ3) is 2.33. The summed E-state index contributed by atoms with van der Waals surface area (Å²) in [6, 6.07) is 17.2. The number of aliphatic hydroxyl groups excluding tert-OH is 1. The van der Waals surface area contributed by atoms with E-state index < -0.39 is 6.10 Å². The van der Waals surface area contributed by atoms with Crippen molar-refractivity contribution in [3.63, 3.8) is 0 Å². The number of rotatable bonds is 3. The van der Waals surface area contributed by atoms with Crippen LogP contribution in [0.2, 0.25) is 0 Å². The topological polar surface area (TPSA) is 50.9 Å². The maximum Gasteiger partial charge on any atom is 0.138 e. The molecule has 1 aromatic carbocycles. The van der Waals surface area contributed by atoms with Gasteiger partial charge in [0.1, 0.15) is 6.10 Å². The number of aliphatic hydroxyl groups is 1. The molecule has 0 aliphatic rings. The van der Waals surface area contributed by atoms with Crippen molar-refractivity contribution in [2.75, 3.05) is 0 Å². The molecule has 0 spiro atoms. The second-order valence-electron chi connectivity index (χ2n) is 4.61. The number of pyridine rings is 1. The molecule has 0 aliphatic heterocycles. The van der Waals surface area contributed by atoms with Gasteiger partial charge in [0, 0.05) is 11.9 Å². The second kappa shape index (κ2) is 5.27. The van der Waals surface area contributed by atoms with Crippen LogP contribution in [-0.2, 0) is 0 Å². The van der Waals surface area contributed by atoms with Gasteiger partial charge in [-0.2, -0.15) is 5.10 Å². The summed E-state index contributed by atoms with van der Waals surface area (Å²) in [6.45, 7) is 1.91. The molecule has 0 radical (unpaired) electrons. The van der Waals surface area contributed by atoms with Crippen LogP contribution >= 0.6 is 0 Å². The molecule has 3 aromatic rings. The lowest BCUT2D eigenvalue weighted by Crippen LogP contribution is -2.10. The van der Waals surface area contributed by atoms with E-state index in [0.29, 0.717) is 11.4 Å². The third-order valence-electron chi connectivity index (χ3n) is 3.14. The maximum atomic E-state index is 10.5. The number of hydrogen-bond donors (Lipinski definition) is 1. The van der Waals surface area contributed by atoms with Crippen molar-refractivity contribution in [2.45, 2.75) is 13.0 Å². The molecule has 1 atom stereocenters. The van der Waals surface area contributed by atoms with Crippen molar-refractivity contribution in [1.82, 2.24) is 14.8 Å². The number of para-hydroxylation sites is 1. The largest absolute Gasteiger partial charge is 0.380 e. The highest BCUT2D eigenvalue weighted by molar-refractivity contribution is 5.34. The highest BCUT2D eigenvalue weighted by Gasteiger charge is 2.17. The van der Waals surface area contributed by atoms with Gasteiger partial charge in [-0.1, -0.05) is 24.3 Å². The van der Waals surface area contributed by atoms with Gasteiger partial charge in [-0.15, -0.1) is 0 Å². The molecule has 0 saturated heterocycles. The van der Waals surface area contributed by atoms with Crippen LogP contribution in [0.25, 0.3) is 5.69 Å². The van der Waals surface area contributed by atoms with Gasteiger partial charge in [-0.25, -0.2) is 4.68 Å². The van der Waals surface area contributed by atoms with Gasteiger partial charge in [0.15, 0.2) is 0 Å². The zero-order valence-corrected chi connectivity index (χ0v) is 11.1. The van der Waals surface area contributed by atoms with E-state index in [9.17, 15) is 5.11 Å². The van der Waals surface area contributed by atoms with Crippen LogP contribution in [0.1, 0.15) is 23.2 Å². The molecule has 4 nitrogen and oxygen atoms in total. The van der Waals surface area contributed by atoms with E-state index in [0.717, 1.165) is 11.4 Å². The van der Waals surface area contributed by atoms with E-state index in [1.165, 1.54) is 0 Å². The number of aryl methyl sites for hydroxylation is 1. The summed E-state index contributed by atoms with van der Waals surface area (Å²) in [4.78, 5) is 4.37. The van der Waals surface area contributed by atoms with E-state index in [2.05, 4.69) is 10.1 Å². The highest BCUT2D eigenvalue weighted by Crippen LogP contribution is 2.22. The normalized spacial score (nSPS) is 12.3. The van der Waals surface area contributed by atoms with Gasteiger partial charge in [0.25, 0.3) is 0 Å². The fraction of sp³-hybridized carbons (Fsp3) is 0.125. The molecule has 2 heterocycles. The van der Waals surface area contributed by atoms with E-state index in [1.807, 2.05) is 61.5 Å². The summed E-state index contributed by atoms with van der Waals surface area (Å²) in [5.74, 6) is 0. The van der Waals surface area contributed by atoms with E-state index >= 15 is 0 Å². The lowest BCUT2D eigenvalue weighted by molar-refractivity contribution is 0.207. The molecule has 20 heavy (non-hydrogen) atoms. The first-order chi connectivity index (χ1) is 9.75. The molecule has 4 heteroatoms. The lowest BCUT2D eigenvalue weighted by Gasteiger charge is -2.13. The fourth-order valence-electron chi connectivity index (χ4n) is 2.17. The number of hydrogen-bond acceptors (Lipinski definition) is 3. The van der Waals surface area contributed by atoms with Gasteiger partial charge in [-0.05, 0) is 37.3 Å². The van der Waals surface area contributed by atoms with Gasteiger partial charge in [0.2, 0.25) is 0 Å². The minimum atomic E-state index is -0.794. The highest BCUT2D eigenvalue weighted by atomic mass is 16.3. The van der Waals surface area contributed by atoms with Crippen molar-refractivity contribution >= 4 is 0 Å². The lowest BCUT2D eigenvalue weighted by atomic mass is 10.1. The summed E-state index contributed by atoms with van der Waals surface area (Å²) in [5, 5.41) is 14.8. The maximum absolute atomic E-state index is 10.5. The van der Waals surface area contributed by atoms with Crippen molar-refractivity contribution in [2.24, 2.45) is 0 Å². The Hall–Kier alpha value is -2.46. The molecule has 1 unspecified atom stereocenters. The Bertz CT molecular complexity index is 707. The zero-order valence-electron chi connectivity index (χ0n) is 11.1. The minimum Gasteiger partial charge on any atom is -0.380 e. The third-order valence-corrected chi connectivity index (χ3v) is 3.14. The monoisotopic (exact) mass is 265 g/mol. The van der Waals surface area contributed by atoms with Crippen molar-refractivity contribution < 1.29 is 5.11 Å². The first-order valence-corrected chi connectivity index (χ1v) is 6.46. The predicted octanol–water partition coefficient (Wildman–Crippen LogP) is 2.66. The number of nitrogens with zero attached hydrogens (tertiary/aromatic N) is 3. The zero-order chi connectivity index (χ0) is 13.9. The Morgan fingerprint density at radius 3 is 2.55 bits per heavy atom. The van der Waals surface area contributed by atoms with Crippen molar-refractivity contribution in [3.05, 3.63) is 77.9 Å². The average Bonchev–Trinajstić information content (AvgIpc) is 2.97. The molecular weight excluding hydrogens is 250 g/mol. The fourth-order valence-corrected chi connectivity index (χ4v) is 2.17. The Kier molecular flexibility index (Phi) is 3.31. The average molecular weight is 265 g/mol. The second-order valence-corrected chi connectivity index (χ2v) is 4.61. The van der Waals surface area contributed by atoms with E-state index in [-0.39, 0.29) is 0 Å². The number of benzene rings is 1. The minimum absolute atomic E-state index is 0.627. The quantitative estimate of drug-likeness (QED) is 0.792. The first kappa shape index (κ1) is 12.6. The first-order valence-electron chi connectivity index (χ1n) is 6.46. The molecule has 1 N–H and O–H groups in total. The molecular formula is C16H15N3O. The molecule has 0 fully saturated rings. The number of aromatic nitrogens is 3. The van der Waals surface area contributed by atoms with Gasteiger partial charge in [-0.3, -0.25) is 4.98 Å². The smallest absolute Gasteiger partial charge is 0.138 e. The van der Waals surface area contributed by atoms with Gasteiger partial charge in [0.05, 0.1) is 17.1 Å². The summed E-state index contributed by atoms with van der Waals surface area (Å²) in [6.07, 6.45) is 0.888. The molecule has 0 bridgehead atoms. The van der Waals surface area contributed by atoms with Crippen LogP contribution in [0.15, 0.2) is 60.8 Å². The van der Waals surface area contributed by atoms with Crippen molar-refractivity contribution in [1.29, 1.82) is 0 Å². The van der Waals surface area contributed by atoms with Crippen LogP contribution in [0, 0.1) is 6.92 Å². The van der Waals surface area contributed by atoms with Crippen LogP contribution in [0.4, 0.5) is 0 Å². The van der Waals surface area contributed by atoms with Gasteiger partial charge < -0.3 is 5.11 Å². The van der Waals surface area contributed by atoms with Gasteiger partial charge >= 0.3 is 0 Å². The molecule has 100 valence electrons. The molecule has 3 rings (SSSR count). The summed E-state index contributed by atoms with van der Waals surface area (Å²) in [7, 11) is 0. The van der Waals surface area contributed by atoms with Crippen LogP contribution in [0.5, 0.6) is 0 Å². The Balaban J connectivity index is 2.02. The molecule has 2 aromatic heterocycles. The standard InChI is InChI=1S/C16H15N3O/c1-12-6-5-9-14(18-12)16(20)15-10-11-17-19(15)13-7-3-2-4-8-13/h2-11,16,20H,1H3.